The average Bonchev–Trinajstić information content (AvgIpc) is 2.99. The Bertz CT molecular complexity index is 804. The summed E-state index contributed by atoms with van der Waals surface area (Å²) in [5.74, 6) is 0. The number of H-pyrrole nitrogens is 1. The summed E-state index contributed by atoms with van der Waals surface area (Å²) in [5, 5.41) is 4.65. The minimum atomic E-state index is 0.656. The molecule has 3 rings (SSSR count). The van der Waals surface area contributed by atoms with E-state index in [4.69, 9.17) is 0 Å². The van der Waals surface area contributed by atoms with Crippen molar-refractivity contribution in [1.29, 1.82) is 0 Å². The maximum Gasteiger partial charge on any atom is 0.0707 e. The molecule has 2 N–H and O–H groups in total. The topological polar surface area (TPSA) is 40.7 Å². The predicted molar refractivity (Wildman–Crippen MR) is 117 cm³/mol. The summed E-state index contributed by atoms with van der Waals surface area (Å²) in [7, 11) is 2.79. The zero-order valence-corrected chi connectivity index (χ0v) is 17.2. The van der Waals surface area contributed by atoms with Crippen molar-refractivity contribution in [3.8, 4) is 11.3 Å². The molecule has 0 aliphatic carbocycles. The van der Waals surface area contributed by atoms with Crippen LogP contribution < -0.4 is 10.6 Å². The first-order chi connectivity index (χ1) is 12.7. The molecule has 2 atom stereocenters. The Kier molecular flexibility index (Phi) is 6.45. The van der Waals surface area contributed by atoms with Crippen LogP contribution in [0.4, 0.5) is 0 Å². The molecule has 0 saturated carbocycles. The van der Waals surface area contributed by atoms with Crippen LogP contribution in [0.2, 0.25) is 0 Å². The first kappa shape index (κ1) is 19.1. The van der Waals surface area contributed by atoms with Gasteiger partial charge in [-0.25, -0.2) is 0 Å². The van der Waals surface area contributed by atoms with E-state index in [1.807, 2.05) is 19.3 Å². The molecule has 2 unspecified atom stereocenters. The molecular weight excluding hydrogens is 337 g/mol. The van der Waals surface area contributed by atoms with E-state index >= 15 is 0 Å². The van der Waals surface area contributed by atoms with Gasteiger partial charge < -0.3 is 10.3 Å². The number of aromatic amines is 1. The van der Waals surface area contributed by atoms with Crippen LogP contribution in [0.15, 0.2) is 24.9 Å². The number of hydrogen-bond donors (Lipinski definition) is 2. The summed E-state index contributed by atoms with van der Waals surface area (Å²) in [4.78, 5) is 8.33. The molecule has 138 valence electrons. The lowest BCUT2D eigenvalue weighted by molar-refractivity contribution is 0.737. The Morgan fingerprint density at radius 3 is 3.00 bits per heavy atom. The van der Waals surface area contributed by atoms with Gasteiger partial charge in [0, 0.05) is 41.4 Å². The van der Waals surface area contributed by atoms with E-state index in [2.05, 4.69) is 53.9 Å². The van der Waals surface area contributed by atoms with E-state index in [0.717, 1.165) is 27.2 Å². The molecule has 0 fully saturated rings. The SMILES string of the molecule is C=Cc1c(CCNC)[nH]c(-c2ccnc3c2PC(CCCC)C=C3)c1C. The Balaban J connectivity index is 2.00. The quantitative estimate of drug-likeness (QED) is 0.665. The van der Waals surface area contributed by atoms with E-state index in [0.29, 0.717) is 5.66 Å². The van der Waals surface area contributed by atoms with Crippen molar-refractivity contribution in [2.75, 3.05) is 13.6 Å². The van der Waals surface area contributed by atoms with Crippen LogP contribution in [0, 0.1) is 6.92 Å². The summed E-state index contributed by atoms with van der Waals surface area (Å²) in [5.41, 5.74) is 8.16. The van der Waals surface area contributed by atoms with Gasteiger partial charge in [0.15, 0.2) is 0 Å². The van der Waals surface area contributed by atoms with Crippen molar-refractivity contribution in [2.45, 2.75) is 45.2 Å². The van der Waals surface area contributed by atoms with E-state index in [1.54, 1.807) is 0 Å². The summed E-state index contributed by atoms with van der Waals surface area (Å²) < 4.78 is 0. The van der Waals surface area contributed by atoms with Crippen LogP contribution >= 0.6 is 8.58 Å². The number of allylic oxidation sites excluding steroid dienone is 1. The van der Waals surface area contributed by atoms with Gasteiger partial charge in [-0.05, 0) is 49.3 Å². The largest absolute Gasteiger partial charge is 0.358 e. The van der Waals surface area contributed by atoms with Crippen molar-refractivity contribution < 1.29 is 0 Å². The Morgan fingerprint density at radius 1 is 1.42 bits per heavy atom. The number of rotatable bonds is 8. The normalized spacial score (nSPS) is 16.8. The predicted octanol–water partition coefficient (Wildman–Crippen LogP) is 4.68. The molecule has 2 aromatic heterocycles. The second-order valence-corrected chi connectivity index (χ2v) is 8.48. The first-order valence-corrected chi connectivity index (χ1v) is 10.7. The number of fused-ring (bicyclic) bond motifs is 1. The van der Waals surface area contributed by atoms with Crippen LogP contribution in [0.1, 0.15) is 48.7 Å². The first-order valence-electron chi connectivity index (χ1n) is 9.62. The fourth-order valence-electron chi connectivity index (χ4n) is 3.66. The smallest absolute Gasteiger partial charge is 0.0707 e. The van der Waals surface area contributed by atoms with Crippen molar-refractivity contribution in [1.82, 2.24) is 15.3 Å². The third-order valence-corrected chi connectivity index (χ3v) is 6.81. The fourth-order valence-corrected chi connectivity index (χ4v) is 5.23. The Hall–Kier alpha value is -1.70. The molecular formula is C22H30N3P. The van der Waals surface area contributed by atoms with Crippen molar-refractivity contribution in [3.05, 3.63) is 47.4 Å². The highest BCUT2D eigenvalue weighted by Gasteiger charge is 2.21. The summed E-state index contributed by atoms with van der Waals surface area (Å²) in [6, 6.07) is 2.18. The van der Waals surface area contributed by atoms with Gasteiger partial charge in [0.1, 0.15) is 0 Å². The maximum absolute atomic E-state index is 4.62. The zero-order valence-electron chi connectivity index (χ0n) is 16.2. The van der Waals surface area contributed by atoms with Gasteiger partial charge >= 0.3 is 0 Å². The van der Waals surface area contributed by atoms with Crippen LogP contribution in [0.25, 0.3) is 23.4 Å². The summed E-state index contributed by atoms with van der Waals surface area (Å²) in [6.07, 6.45) is 13.3. The number of pyridine rings is 1. The molecule has 26 heavy (non-hydrogen) atoms. The molecule has 1 aliphatic heterocycles. The molecule has 0 radical (unpaired) electrons. The van der Waals surface area contributed by atoms with Gasteiger partial charge in [-0.2, -0.15) is 0 Å². The van der Waals surface area contributed by atoms with E-state index in [-0.39, 0.29) is 0 Å². The highest BCUT2D eigenvalue weighted by atomic mass is 31.1. The van der Waals surface area contributed by atoms with Gasteiger partial charge in [-0.3, -0.25) is 4.98 Å². The van der Waals surface area contributed by atoms with Gasteiger partial charge in [0.25, 0.3) is 0 Å². The second-order valence-electron chi connectivity index (χ2n) is 6.95. The monoisotopic (exact) mass is 367 g/mol. The maximum atomic E-state index is 4.62. The molecule has 0 spiro atoms. The minimum absolute atomic E-state index is 0.656. The molecule has 0 aromatic carbocycles. The number of unbranched alkanes of at least 4 members (excludes halogenated alkanes) is 1. The summed E-state index contributed by atoms with van der Waals surface area (Å²) in [6.45, 7) is 9.46. The van der Waals surface area contributed by atoms with E-state index in [9.17, 15) is 0 Å². The van der Waals surface area contributed by atoms with Gasteiger partial charge in [-0.1, -0.05) is 47.1 Å². The van der Waals surface area contributed by atoms with Crippen LogP contribution in [0.5, 0.6) is 0 Å². The number of nitrogens with one attached hydrogen (secondary N) is 2. The average molecular weight is 367 g/mol. The van der Waals surface area contributed by atoms with Crippen molar-refractivity contribution in [2.24, 2.45) is 0 Å². The van der Waals surface area contributed by atoms with Gasteiger partial charge in [0.2, 0.25) is 0 Å². The van der Waals surface area contributed by atoms with Crippen LogP contribution in [-0.4, -0.2) is 29.2 Å². The van der Waals surface area contributed by atoms with Crippen molar-refractivity contribution >= 4 is 26.0 Å². The molecule has 1 aliphatic rings. The van der Waals surface area contributed by atoms with E-state index < -0.39 is 0 Å². The molecule has 4 heteroatoms. The third-order valence-electron chi connectivity index (χ3n) is 5.14. The lowest BCUT2D eigenvalue weighted by atomic mass is 10.0. The minimum Gasteiger partial charge on any atom is -0.358 e. The Labute approximate surface area is 159 Å². The molecule has 3 heterocycles. The van der Waals surface area contributed by atoms with E-state index in [1.165, 1.54) is 52.6 Å². The van der Waals surface area contributed by atoms with Gasteiger partial charge in [0.05, 0.1) is 5.69 Å². The Morgan fingerprint density at radius 2 is 2.27 bits per heavy atom. The number of aromatic nitrogens is 2. The molecule has 0 saturated heterocycles. The lowest BCUT2D eigenvalue weighted by Crippen LogP contribution is -2.16. The number of likely N-dealkylation sites (N-methyl/N-ethyl adjacent to an activating group) is 1. The molecule has 0 amide bonds. The zero-order chi connectivity index (χ0) is 18.5. The van der Waals surface area contributed by atoms with Gasteiger partial charge in [-0.15, -0.1) is 0 Å². The summed E-state index contributed by atoms with van der Waals surface area (Å²) >= 11 is 0. The standard InChI is InChI=1S/C22H30N3P/c1-5-7-8-16-9-10-20-22(26-16)18(11-14-24-20)21-15(3)17(6-2)19(25-21)12-13-23-4/h6,9-11,14,16,23,25-26H,2,5,7-8,12-13H2,1,3-4H3. The fraction of sp³-hybridized carbons (Fsp3) is 0.409. The molecule has 2 aromatic rings. The van der Waals surface area contributed by atoms with Crippen LogP contribution in [0.3, 0.4) is 0 Å². The molecule has 3 nitrogen and oxygen atoms in total. The lowest BCUT2D eigenvalue weighted by Gasteiger charge is -2.21. The second kappa shape index (κ2) is 8.79. The van der Waals surface area contributed by atoms with Crippen LogP contribution in [-0.2, 0) is 6.42 Å². The highest BCUT2D eigenvalue weighted by molar-refractivity contribution is 7.49. The number of nitrogens with zero attached hydrogens (tertiary/aromatic N) is 1. The number of hydrogen-bond acceptors (Lipinski definition) is 2. The highest BCUT2D eigenvalue weighted by Crippen LogP contribution is 2.36. The third kappa shape index (κ3) is 3.84. The molecule has 0 bridgehead atoms. The van der Waals surface area contributed by atoms with Crippen molar-refractivity contribution in [3.63, 3.8) is 0 Å².